The van der Waals surface area contributed by atoms with Crippen molar-refractivity contribution >= 4 is 27.5 Å². The van der Waals surface area contributed by atoms with Gasteiger partial charge in [0.1, 0.15) is 0 Å². The number of hydrogen-bond donors (Lipinski definition) is 1. The summed E-state index contributed by atoms with van der Waals surface area (Å²) in [6.45, 7) is 2.19. The number of anilines is 1. The summed E-state index contributed by atoms with van der Waals surface area (Å²) in [6.07, 6.45) is 0. The summed E-state index contributed by atoms with van der Waals surface area (Å²) in [5.41, 5.74) is 1.21. The lowest BCUT2D eigenvalue weighted by atomic mass is 10.1. The van der Waals surface area contributed by atoms with Crippen LogP contribution in [0, 0.1) is 11.3 Å². The van der Waals surface area contributed by atoms with Gasteiger partial charge in [0.2, 0.25) is 0 Å². The summed E-state index contributed by atoms with van der Waals surface area (Å²) in [4.78, 5) is 12.6. The van der Waals surface area contributed by atoms with Crippen molar-refractivity contribution in [2.75, 3.05) is 19.0 Å². The van der Waals surface area contributed by atoms with Crippen LogP contribution in [0.1, 0.15) is 22.8 Å². The number of hydrogen-bond acceptors (Lipinski definition) is 4. The van der Waals surface area contributed by atoms with E-state index in [1.807, 2.05) is 25.1 Å². The lowest BCUT2D eigenvalue weighted by Crippen LogP contribution is -2.14. The molecule has 2 rings (SSSR count). The minimum Gasteiger partial charge on any atom is -0.493 e. The molecule has 23 heavy (non-hydrogen) atoms. The van der Waals surface area contributed by atoms with Crippen LogP contribution in [-0.4, -0.2) is 19.6 Å². The molecule has 0 spiro atoms. The van der Waals surface area contributed by atoms with Gasteiger partial charge < -0.3 is 14.8 Å². The first-order valence-electron chi connectivity index (χ1n) is 6.91. The minimum atomic E-state index is -0.373. The molecule has 0 unspecified atom stereocenters. The molecule has 0 aromatic heterocycles. The summed E-state index contributed by atoms with van der Waals surface area (Å²) in [5, 5.41) is 11.9. The van der Waals surface area contributed by atoms with Crippen LogP contribution in [0.25, 0.3) is 0 Å². The Bertz CT molecular complexity index is 769. The Morgan fingerprint density at radius 2 is 2.13 bits per heavy atom. The zero-order valence-corrected chi connectivity index (χ0v) is 14.3. The normalized spacial score (nSPS) is 9.83. The Morgan fingerprint density at radius 1 is 1.35 bits per heavy atom. The fourth-order valence-electron chi connectivity index (χ4n) is 2.04. The van der Waals surface area contributed by atoms with Gasteiger partial charge in [-0.1, -0.05) is 22.0 Å². The standard InChI is InChI=1S/C17H15BrN2O3/c1-3-23-16-14(7-11(10-19)8-15(16)22-2)17(21)20-13-6-4-5-12(18)9-13/h4-9H,3H2,1-2H3,(H,20,21). The lowest BCUT2D eigenvalue weighted by Gasteiger charge is -2.15. The molecule has 0 aliphatic carbocycles. The summed E-state index contributed by atoms with van der Waals surface area (Å²) < 4.78 is 11.6. The Labute approximate surface area is 143 Å². The van der Waals surface area contributed by atoms with Gasteiger partial charge in [0, 0.05) is 16.2 Å². The highest BCUT2D eigenvalue weighted by Gasteiger charge is 2.19. The van der Waals surface area contributed by atoms with Crippen LogP contribution >= 0.6 is 15.9 Å². The van der Waals surface area contributed by atoms with Crippen LogP contribution in [-0.2, 0) is 0 Å². The predicted molar refractivity (Wildman–Crippen MR) is 91.0 cm³/mol. The van der Waals surface area contributed by atoms with Crippen LogP contribution < -0.4 is 14.8 Å². The van der Waals surface area contributed by atoms with Gasteiger partial charge in [-0.15, -0.1) is 0 Å². The molecule has 5 nitrogen and oxygen atoms in total. The molecule has 118 valence electrons. The first-order valence-corrected chi connectivity index (χ1v) is 7.70. The van der Waals surface area contributed by atoms with E-state index in [0.717, 1.165) is 4.47 Å². The molecule has 0 saturated heterocycles. The first-order chi connectivity index (χ1) is 11.1. The molecule has 0 fully saturated rings. The second-order valence-corrected chi connectivity index (χ2v) is 5.48. The molecule has 2 aromatic rings. The third-order valence-electron chi connectivity index (χ3n) is 3.02. The highest BCUT2D eigenvalue weighted by atomic mass is 79.9. The summed E-state index contributed by atoms with van der Waals surface area (Å²) in [5.74, 6) is 0.300. The molecule has 6 heteroatoms. The number of carbonyl (C=O) groups excluding carboxylic acids is 1. The van der Waals surface area contributed by atoms with Crippen molar-refractivity contribution in [3.05, 3.63) is 52.0 Å². The molecular formula is C17H15BrN2O3. The summed E-state index contributed by atoms with van der Waals surface area (Å²) in [6, 6.07) is 12.3. The molecule has 1 N–H and O–H groups in total. The minimum absolute atomic E-state index is 0.253. The van der Waals surface area contributed by atoms with Crippen molar-refractivity contribution in [2.24, 2.45) is 0 Å². The number of amides is 1. The third kappa shape index (κ3) is 4.02. The van der Waals surface area contributed by atoms with Crippen molar-refractivity contribution in [1.29, 1.82) is 5.26 Å². The van der Waals surface area contributed by atoms with E-state index >= 15 is 0 Å². The van der Waals surface area contributed by atoms with Gasteiger partial charge in [-0.2, -0.15) is 5.26 Å². The Morgan fingerprint density at radius 3 is 2.74 bits per heavy atom. The fourth-order valence-corrected chi connectivity index (χ4v) is 2.44. The topological polar surface area (TPSA) is 71.3 Å². The number of methoxy groups -OCH3 is 1. The molecule has 0 bridgehead atoms. The van der Waals surface area contributed by atoms with Crippen LogP contribution in [0.2, 0.25) is 0 Å². The number of ether oxygens (including phenoxy) is 2. The molecule has 0 saturated carbocycles. The monoisotopic (exact) mass is 374 g/mol. The molecular weight excluding hydrogens is 360 g/mol. The summed E-state index contributed by atoms with van der Waals surface area (Å²) >= 11 is 3.35. The second kappa shape index (κ2) is 7.65. The number of nitriles is 1. The molecule has 0 heterocycles. The van der Waals surface area contributed by atoms with Crippen molar-refractivity contribution in [3.8, 4) is 17.6 Å². The van der Waals surface area contributed by atoms with Crippen molar-refractivity contribution in [1.82, 2.24) is 0 Å². The summed E-state index contributed by atoms with van der Waals surface area (Å²) in [7, 11) is 1.47. The van der Waals surface area contributed by atoms with E-state index in [1.165, 1.54) is 13.2 Å². The number of halogens is 1. The van der Waals surface area contributed by atoms with E-state index in [4.69, 9.17) is 14.7 Å². The Hall–Kier alpha value is -2.52. The van der Waals surface area contributed by atoms with Gasteiger partial charge in [0.25, 0.3) is 5.91 Å². The zero-order valence-electron chi connectivity index (χ0n) is 12.7. The number of nitrogens with one attached hydrogen (secondary N) is 1. The number of benzene rings is 2. The third-order valence-corrected chi connectivity index (χ3v) is 3.51. The van der Waals surface area contributed by atoms with Crippen molar-refractivity contribution < 1.29 is 14.3 Å². The number of rotatable bonds is 5. The van der Waals surface area contributed by atoms with Crippen LogP contribution in [0.4, 0.5) is 5.69 Å². The highest BCUT2D eigenvalue weighted by Crippen LogP contribution is 2.33. The Kier molecular flexibility index (Phi) is 5.61. The molecule has 0 atom stereocenters. The van der Waals surface area contributed by atoms with E-state index in [-0.39, 0.29) is 11.5 Å². The van der Waals surface area contributed by atoms with E-state index in [9.17, 15) is 4.79 Å². The quantitative estimate of drug-likeness (QED) is 0.858. The molecule has 1 amide bonds. The second-order valence-electron chi connectivity index (χ2n) is 4.56. The average molecular weight is 375 g/mol. The maximum absolute atomic E-state index is 12.6. The number of carbonyl (C=O) groups is 1. The highest BCUT2D eigenvalue weighted by molar-refractivity contribution is 9.10. The zero-order chi connectivity index (χ0) is 16.8. The fraction of sp³-hybridized carbons (Fsp3) is 0.176. The van der Waals surface area contributed by atoms with E-state index in [0.29, 0.717) is 29.4 Å². The maximum Gasteiger partial charge on any atom is 0.259 e. The van der Waals surface area contributed by atoms with Crippen molar-refractivity contribution in [2.45, 2.75) is 6.92 Å². The van der Waals surface area contributed by atoms with Gasteiger partial charge in [0.15, 0.2) is 11.5 Å². The molecule has 0 aliphatic heterocycles. The van der Waals surface area contributed by atoms with Crippen LogP contribution in [0.5, 0.6) is 11.5 Å². The van der Waals surface area contributed by atoms with Crippen LogP contribution in [0.3, 0.4) is 0 Å². The molecule has 0 aliphatic rings. The van der Waals surface area contributed by atoms with Gasteiger partial charge >= 0.3 is 0 Å². The smallest absolute Gasteiger partial charge is 0.259 e. The largest absolute Gasteiger partial charge is 0.493 e. The van der Waals surface area contributed by atoms with E-state index < -0.39 is 0 Å². The van der Waals surface area contributed by atoms with Gasteiger partial charge in [-0.3, -0.25) is 4.79 Å². The molecule has 2 aromatic carbocycles. The van der Waals surface area contributed by atoms with Crippen molar-refractivity contribution in [3.63, 3.8) is 0 Å². The van der Waals surface area contributed by atoms with Gasteiger partial charge in [-0.05, 0) is 31.2 Å². The Balaban J connectivity index is 2.43. The average Bonchev–Trinajstić information content (AvgIpc) is 2.55. The molecule has 0 radical (unpaired) electrons. The number of nitrogens with zero attached hydrogens (tertiary/aromatic N) is 1. The SMILES string of the molecule is CCOc1c(OC)cc(C#N)cc1C(=O)Nc1cccc(Br)c1. The van der Waals surface area contributed by atoms with Gasteiger partial charge in [-0.25, -0.2) is 0 Å². The lowest BCUT2D eigenvalue weighted by molar-refractivity contribution is 0.102. The van der Waals surface area contributed by atoms with Gasteiger partial charge in [0.05, 0.1) is 30.9 Å². The van der Waals surface area contributed by atoms with E-state index in [2.05, 4.69) is 21.2 Å². The predicted octanol–water partition coefficient (Wildman–Crippen LogP) is 3.98. The van der Waals surface area contributed by atoms with Crippen LogP contribution in [0.15, 0.2) is 40.9 Å². The first kappa shape index (κ1) is 16.8. The maximum atomic E-state index is 12.6. The van der Waals surface area contributed by atoms with E-state index in [1.54, 1.807) is 18.2 Å².